The van der Waals surface area contributed by atoms with E-state index < -0.39 is 5.41 Å². The summed E-state index contributed by atoms with van der Waals surface area (Å²) in [5, 5.41) is 4.04. The molecule has 1 amide bonds. The van der Waals surface area contributed by atoms with E-state index in [0.717, 1.165) is 55.0 Å². The number of hydrazine groups is 1. The van der Waals surface area contributed by atoms with E-state index in [1.807, 2.05) is 36.0 Å². The molecule has 0 N–H and O–H groups in total. The highest BCUT2D eigenvalue weighted by molar-refractivity contribution is 7.99. The Balaban J connectivity index is 1.74. The van der Waals surface area contributed by atoms with Gasteiger partial charge in [-0.2, -0.15) is 0 Å². The van der Waals surface area contributed by atoms with Gasteiger partial charge in [0.1, 0.15) is 5.41 Å². The van der Waals surface area contributed by atoms with Crippen LogP contribution in [0.15, 0.2) is 83.8 Å². The van der Waals surface area contributed by atoms with Crippen LogP contribution in [0.2, 0.25) is 0 Å². The zero-order valence-corrected chi connectivity index (χ0v) is 22.9. The highest BCUT2D eigenvalue weighted by Gasteiger charge is 2.53. The lowest BCUT2D eigenvalue weighted by Gasteiger charge is -2.34. The second-order valence-corrected chi connectivity index (χ2v) is 10.6. The van der Waals surface area contributed by atoms with Gasteiger partial charge in [-0.25, -0.2) is 10.0 Å². The minimum absolute atomic E-state index is 0.142. The molecule has 5 heteroatoms. The summed E-state index contributed by atoms with van der Waals surface area (Å²) in [6, 6.07) is 27.3. The Morgan fingerprint density at radius 2 is 1.53 bits per heavy atom. The van der Waals surface area contributed by atoms with Gasteiger partial charge in [-0.15, -0.1) is 11.8 Å². The number of amides is 1. The summed E-state index contributed by atoms with van der Waals surface area (Å²) in [5.41, 5.74) is 3.72. The molecule has 0 saturated heterocycles. The third-order valence-electron chi connectivity index (χ3n) is 7.29. The Bertz CT molecular complexity index is 1150. The largest absolute Gasteiger partial charge is 0.304 e. The third-order valence-corrected chi connectivity index (χ3v) is 8.61. The molecule has 3 aromatic rings. The number of thioether (sulfide) groups is 1. The van der Waals surface area contributed by atoms with Crippen molar-refractivity contribution >= 4 is 23.4 Å². The molecular weight excluding hydrogens is 462 g/mol. The maximum absolute atomic E-state index is 14.6. The van der Waals surface area contributed by atoms with Crippen LogP contribution in [0.4, 0.5) is 5.69 Å². The molecule has 1 aliphatic heterocycles. The van der Waals surface area contributed by atoms with Crippen LogP contribution in [0.3, 0.4) is 0 Å². The van der Waals surface area contributed by atoms with Crippen molar-refractivity contribution < 1.29 is 4.79 Å². The van der Waals surface area contributed by atoms with Gasteiger partial charge < -0.3 is 4.90 Å². The summed E-state index contributed by atoms with van der Waals surface area (Å²) in [7, 11) is 2.04. The van der Waals surface area contributed by atoms with Gasteiger partial charge in [-0.05, 0) is 67.1 Å². The molecule has 4 nitrogen and oxygen atoms in total. The van der Waals surface area contributed by atoms with Crippen molar-refractivity contribution in [3.8, 4) is 0 Å². The van der Waals surface area contributed by atoms with Gasteiger partial charge in [0, 0.05) is 18.5 Å². The van der Waals surface area contributed by atoms with E-state index in [4.69, 9.17) is 0 Å². The molecule has 0 saturated carbocycles. The predicted molar refractivity (Wildman–Crippen MR) is 152 cm³/mol. The number of nitrogens with zero attached hydrogens (tertiary/aromatic N) is 3. The average molecular weight is 502 g/mol. The van der Waals surface area contributed by atoms with Gasteiger partial charge in [0.2, 0.25) is 0 Å². The van der Waals surface area contributed by atoms with Crippen LogP contribution in [0, 0.1) is 0 Å². The van der Waals surface area contributed by atoms with Crippen LogP contribution in [0.1, 0.15) is 50.3 Å². The van der Waals surface area contributed by atoms with E-state index >= 15 is 0 Å². The monoisotopic (exact) mass is 501 g/mol. The Kier molecular flexibility index (Phi) is 8.89. The number of carbonyl (C=O) groups is 1. The van der Waals surface area contributed by atoms with E-state index in [0.29, 0.717) is 6.54 Å². The number of rotatable bonds is 12. The molecule has 1 aliphatic rings. The molecule has 0 bridgehead atoms. The molecule has 4 rings (SSSR count). The van der Waals surface area contributed by atoms with Crippen LogP contribution >= 0.6 is 11.8 Å². The molecule has 0 aliphatic carbocycles. The SMILES string of the molecule is CCCSc1ccccc1CN(C)N1C(=O)[C@@](CCN(CC)CC)(c2ccccc2)c2ccccc21. The first-order chi connectivity index (χ1) is 17.6. The topological polar surface area (TPSA) is 26.8 Å². The van der Waals surface area contributed by atoms with Gasteiger partial charge in [-0.1, -0.05) is 87.5 Å². The van der Waals surface area contributed by atoms with Crippen molar-refractivity contribution in [2.24, 2.45) is 0 Å². The molecule has 0 unspecified atom stereocenters. The number of anilines is 1. The second kappa shape index (κ2) is 12.1. The van der Waals surface area contributed by atoms with Crippen LogP contribution in [0.25, 0.3) is 0 Å². The molecule has 3 aromatic carbocycles. The van der Waals surface area contributed by atoms with E-state index in [1.165, 1.54) is 10.5 Å². The first-order valence-corrected chi connectivity index (χ1v) is 14.2. The number of fused-ring (bicyclic) bond motifs is 1. The van der Waals surface area contributed by atoms with Crippen molar-refractivity contribution in [3.05, 3.63) is 95.6 Å². The zero-order valence-electron chi connectivity index (χ0n) is 22.1. The van der Waals surface area contributed by atoms with E-state index in [2.05, 4.69) is 97.4 Å². The molecule has 1 heterocycles. The second-order valence-electron chi connectivity index (χ2n) is 9.45. The summed E-state index contributed by atoms with van der Waals surface area (Å²) in [5.74, 6) is 1.23. The average Bonchev–Trinajstić information content (AvgIpc) is 3.17. The van der Waals surface area contributed by atoms with Crippen LogP contribution < -0.4 is 5.01 Å². The Morgan fingerprint density at radius 3 is 2.25 bits per heavy atom. The summed E-state index contributed by atoms with van der Waals surface area (Å²) < 4.78 is 0. The standard InChI is InChI=1S/C31H39N3OS/c1-5-23-36-29-20-14-11-15-25(29)24-32(4)34-28-19-13-12-18-27(28)31(30(34)35,21-22-33(6-2)7-3)26-16-9-8-10-17-26/h8-20H,5-7,21-24H2,1-4H3/t31-/m0/s1. The quantitative estimate of drug-likeness (QED) is 0.261. The summed E-state index contributed by atoms with van der Waals surface area (Å²) >= 11 is 1.90. The summed E-state index contributed by atoms with van der Waals surface area (Å²) in [4.78, 5) is 18.3. The lowest BCUT2D eigenvalue weighted by atomic mass is 9.72. The highest BCUT2D eigenvalue weighted by atomic mass is 32.2. The van der Waals surface area contributed by atoms with Crippen LogP contribution in [-0.2, 0) is 16.8 Å². The van der Waals surface area contributed by atoms with Crippen LogP contribution in [-0.4, -0.2) is 48.3 Å². The van der Waals surface area contributed by atoms with Gasteiger partial charge >= 0.3 is 0 Å². The summed E-state index contributed by atoms with van der Waals surface area (Å²) in [6.45, 7) is 10.1. The minimum Gasteiger partial charge on any atom is -0.304 e. The molecule has 0 radical (unpaired) electrons. The Morgan fingerprint density at radius 1 is 0.861 bits per heavy atom. The normalized spacial score (nSPS) is 17.3. The molecule has 190 valence electrons. The van der Waals surface area contributed by atoms with E-state index in [1.54, 1.807) is 0 Å². The Hall–Kier alpha value is -2.60. The zero-order chi connectivity index (χ0) is 25.5. The number of carbonyl (C=O) groups excluding carboxylic acids is 1. The van der Waals surface area contributed by atoms with Gasteiger partial charge in [0.25, 0.3) is 5.91 Å². The van der Waals surface area contributed by atoms with Crippen molar-refractivity contribution in [1.82, 2.24) is 9.91 Å². The Labute approximate surface area is 221 Å². The highest BCUT2D eigenvalue weighted by Crippen LogP contribution is 2.49. The van der Waals surface area contributed by atoms with E-state index in [9.17, 15) is 4.79 Å². The number of hydrogen-bond acceptors (Lipinski definition) is 4. The van der Waals surface area contributed by atoms with Gasteiger partial charge in [0.15, 0.2) is 0 Å². The van der Waals surface area contributed by atoms with Crippen molar-refractivity contribution in [2.45, 2.75) is 50.5 Å². The fourth-order valence-electron chi connectivity index (χ4n) is 5.32. The number of para-hydroxylation sites is 1. The molecule has 1 atom stereocenters. The number of benzene rings is 3. The van der Waals surface area contributed by atoms with Gasteiger partial charge in [-0.3, -0.25) is 4.79 Å². The first-order valence-electron chi connectivity index (χ1n) is 13.2. The predicted octanol–water partition coefficient (Wildman–Crippen LogP) is 6.60. The molecule has 0 spiro atoms. The molecule has 0 aromatic heterocycles. The van der Waals surface area contributed by atoms with Crippen molar-refractivity contribution in [2.75, 3.05) is 37.4 Å². The first kappa shape index (κ1) is 26.5. The molecule has 36 heavy (non-hydrogen) atoms. The fraction of sp³-hybridized carbons (Fsp3) is 0.387. The maximum Gasteiger partial charge on any atom is 0.256 e. The third kappa shape index (κ3) is 5.10. The summed E-state index contributed by atoms with van der Waals surface area (Å²) in [6.07, 6.45) is 1.89. The van der Waals surface area contributed by atoms with E-state index in [-0.39, 0.29) is 5.91 Å². The van der Waals surface area contributed by atoms with Gasteiger partial charge in [0.05, 0.1) is 5.69 Å². The molecule has 0 fully saturated rings. The fourth-order valence-corrected chi connectivity index (χ4v) is 6.24. The minimum atomic E-state index is -0.703. The maximum atomic E-state index is 14.6. The smallest absolute Gasteiger partial charge is 0.256 e. The molecular formula is C31H39N3OS. The van der Waals surface area contributed by atoms with Crippen molar-refractivity contribution in [3.63, 3.8) is 0 Å². The van der Waals surface area contributed by atoms with Crippen molar-refractivity contribution in [1.29, 1.82) is 0 Å². The lowest BCUT2D eigenvalue weighted by Crippen LogP contribution is -2.49. The number of hydrogen-bond donors (Lipinski definition) is 0. The van der Waals surface area contributed by atoms with Crippen LogP contribution in [0.5, 0.6) is 0 Å². The lowest BCUT2D eigenvalue weighted by molar-refractivity contribution is -0.125.